The molecule has 1 saturated heterocycles. The third-order valence-electron chi connectivity index (χ3n) is 4.33. The van der Waals surface area contributed by atoms with Gasteiger partial charge in [0.15, 0.2) is 9.84 Å². The Kier molecular flexibility index (Phi) is 5.41. The highest BCUT2D eigenvalue weighted by molar-refractivity contribution is 7.90. The summed E-state index contributed by atoms with van der Waals surface area (Å²) in [6.07, 6.45) is 3.60. The number of likely N-dealkylation sites (tertiary alicyclic amines) is 1. The average molecular weight is 310 g/mol. The fraction of sp³-hybridized carbons (Fsp3) is 0.625. The molecule has 0 spiro atoms. The number of benzene rings is 1. The van der Waals surface area contributed by atoms with Crippen LogP contribution in [0.15, 0.2) is 29.2 Å². The number of nitrogens with one attached hydrogen (secondary N) is 1. The van der Waals surface area contributed by atoms with E-state index in [1.807, 2.05) is 12.1 Å². The molecule has 1 aliphatic heterocycles. The molecular weight excluding hydrogens is 284 g/mol. The Morgan fingerprint density at radius 3 is 2.29 bits per heavy atom. The Bertz CT molecular complexity index is 546. The van der Waals surface area contributed by atoms with Crippen molar-refractivity contribution in [2.24, 2.45) is 0 Å². The van der Waals surface area contributed by atoms with Gasteiger partial charge in [0, 0.05) is 18.3 Å². The van der Waals surface area contributed by atoms with Crippen LogP contribution in [-0.2, 0) is 9.84 Å². The fourth-order valence-electron chi connectivity index (χ4n) is 2.87. The second-order valence-electron chi connectivity index (χ2n) is 5.94. The highest BCUT2D eigenvalue weighted by Crippen LogP contribution is 2.19. The van der Waals surface area contributed by atoms with E-state index in [1.54, 1.807) is 12.1 Å². The van der Waals surface area contributed by atoms with Crippen molar-refractivity contribution in [1.29, 1.82) is 0 Å². The van der Waals surface area contributed by atoms with Crippen molar-refractivity contribution in [2.45, 2.75) is 43.7 Å². The Labute approximate surface area is 128 Å². The minimum Gasteiger partial charge on any atom is -0.307 e. The summed E-state index contributed by atoms with van der Waals surface area (Å²) in [5, 5.41) is 3.66. The van der Waals surface area contributed by atoms with Crippen molar-refractivity contribution < 1.29 is 8.42 Å². The Morgan fingerprint density at radius 1 is 1.24 bits per heavy atom. The van der Waals surface area contributed by atoms with Gasteiger partial charge in [-0.05, 0) is 57.1 Å². The molecule has 5 heteroatoms. The molecule has 1 aromatic rings. The van der Waals surface area contributed by atoms with Crippen LogP contribution < -0.4 is 5.32 Å². The van der Waals surface area contributed by atoms with Crippen LogP contribution in [0.2, 0.25) is 0 Å². The van der Waals surface area contributed by atoms with Crippen LogP contribution in [0.5, 0.6) is 0 Å². The largest absolute Gasteiger partial charge is 0.307 e. The summed E-state index contributed by atoms with van der Waals surface area (Å²) in [5.41, 5.74) is 1.14. The summed E-state index contributed by atoms with van der Waals surface area (Å²) in [4.78, 5) is 2.86. The molecule has 1 fully saturated rings. The van der Waals surface area contributed by atoms with Crippen LogP contribution in [-0.4, -0.2) is 45.2 Å². The average Bonchev–Trinajstić information content (AvgIpc) is 2.47. The number of piperidine rings is 1. The molecule has 0 radical (unpaired) electrons. The lowest BCUT2D eigenvalue weighted by molar-refractivity contribution is 0.200. The number of hydrogen-bond acceptors (Lipinski definition) is 4. The molecule has 1 aromatic carbocycles. The van der Waals surface area contributed by atoms with Gasteiger partial charge in [0.25, 0.3) is 0 Å². The molecule has 1 unspecified atom stereocenters. The lowest BCUT2D eigenvalue weighted by Crippen LogP contribution is -2.43. The van der Waals surface area contributed by atoms with Gasteiger partial charge in [0.05, 0.1) is 4.90 Å². The quantitative estimate of drug-likeness (QED) is 0.906. The molecule has 0 aromatic heterocycles. The molecule has 21 heavy (non-hydrogen) atoms. The molecule has 118 valence electrons. The Balaban J connectivity index is 1.93. The molecule has 1 aliphatic rings. The zero-order chi connectivity index (χ0) is 15.5. The standard InChI is InChI=1S/C16H26N2O2S/c1-4-18-11-9-15(10-12-18)17-13(2)14-5-7-16(8-6-14)21(3,19)20/h5-8,13,15,17H,4,9-12H2,1-3H3. The van der Waals surface area contributed by atoms with E-state index in [0.717, 1.165) is 25.2 Å². The first-order valence-corrected chi connectivity index (χ1v) is 9.57. The minimum atomic E-state index is -3.11. The minimum absolute atomic E-state index is 0.247. The van der Waals surface area contributed by atoms with Gasteiger partial charge in [-0.2, -0.15) is 0 Å². The molecule has 1 N–H and O–H groups in total. The van der Waals surface area contributed by atoms with Crippen LogP contribution in [0.3, 0.4) is 0 Å². The van der Waals surface area contributed by atoms with Crippen molar-refractivity contribution in [3.8, 4) is 0 Å². The van der Waals surface area contributed by atoms with Crippen molar-refractivity contribution in [1.82, 2.24) is 10.2 Å². The number of sulfone groups is 1. The van der Waals surface area contributed by atoms with Crippen molar-refractivity contribution >= 4 is 9.84 Å². The Morgan fingerprint density at radius 2 is 1.81 bits per heavy atom. The summed E-state index contributed by atoms with van der Waals surface area (Å²) in [7, 11) is -3.11. The van der Waals surface area contributed by atoms with Crippen LogP contribution in [0.1, 0.15) is 38.3 Å². The van der Waals surface area contributed by atoms with E-state index in [9.17, 15) is 8.42 Å². The highest BCUT2D eigenvalue weighted by atomic mass is 32.2. The van der Waals surface area contributed by atoms with E-state index in [1.165, 1.54) is 19.1 Å². The molecule has 0 amide bonds. The molecule has 1 heterocycles. The normalized spacial score (nSPS) is 19.6. The zero-order valence-electron chi connectivity index (χ0n) is 13.2. The highest BCUT2D eigenvalue weighted by Gasteiger charge is 2.20. The van der Waals surface area contributed by atoms with Gasteiger partial charge in [0.2, 0.25) is 0 Å². The molecule has 0 saturated carbocycles. The van der Waals surface area contributed by atoms with Gasteiger partial charge in [0.1, 0.15) is 0 Å². The van der Waals surface area contributed by atoms with E-state index >= 15 is 0 Å². The maximum absolute atomic E-state index is 11.5. The van der Waals surface area contributed by atoms with Crippen molar-refractivity contribution in [3.63, 3.8) is 0 Å². The van der Waals surface area contributed by atoms with Gasteiger partial charge in [-0.1, -0.05) is 19.1 Å². The lowest BCUT2D eigenvalue weighted by atomic mass is 10.0. The summed E-state index contributed by atoms with van der Waals surface area (Å²) in [5.74, 6) is 0. The zero-order valence-corrected chi connectivity index (χ0v) is 14.0. The number of nitrogens with zero attached hydrogens (tertiary/aromatic N) is 1. The second kappa shape index (κ2) is 6.90. The van der Waals surface area contributed by atoms with Gasteiger partial charge in [-0.3, -0.25) is 0 Å². The number of hydrogen-bond donors (Lipinski definition) is 1. The molecule has 2 rings (SSSR count). The maximum Gasteiger partial charge on any atom is 0.175 e. The maximum atomic E-state index is 11.5. The summed E-state index contributed by atoms with van der Waals surface area (Å²) >= 11 is 0. The van der Waals surface area contributed by atoms with E-state index in [4.69, 9.17) is 0 Å². The molecule has 4 nitrogen and oxygen atoms in total. The van der Waals surface area contributed by atoms with Crippen LogP contribution in [0.4, 0.5) is 0 Å². The molecule has 1 atom stereocenters. The van der Waals surface area contributed by atoms with E-state index < -0.39 is 9.84 Å². The molecular formula is C16H26N2O2S. The fourth-order valence-corrected chi connectivity index (χ4v) is 3.50. The van der Waals surface area contributed by atoms with Crippen molar-refractivity contribution in [3.05, 3.63) is 29.8 Å². The Hall–Kier alpha value is -0.910. The van der Waals surface area contributed by atoms with E-state index in [-0.39, 0.29) is 6.04 Å². The van der Waals surface area contributed by atoms with Gasteiger partial charge in [-0.15, -0.1) is 0 Å². The lowest BCUT2D eigenvalue weighted by Gasteiger charge is -2.33. The summed E-state index contributed by atoms with van der Waals surface area (Å²) < 4.78 is 22.9. The van der Waals surface area contributed by atoms with E-state index in [0.29, 0.717) is 10.9 Å². The summed E-state index contributed by atoms with van der Waals surface area (Å²) in [6.45, 7) is 7.80. The van der Waals surface area contributed by atoms with Gasteiger partial charge >= 0.3 is 0 Å². The molecule has 0 aliphatic carbocycles. The first-order chi connectivity index (χ1) is 9.90. The first kappa shape index (κ1) is 16.5. The summed E-state index contributed by atoms with van der Waals surface area (Å²) in [6, 6.07) is 8.02. The van der Waals surface area contributed by atoms with Crippen LogP contribution >= 0.6 is 0 Å². The monoisotopic (exact) mass is 310 g/mol. The third kappa shape index (κ3) is 4.53. The van der Waals surface area contributed by atoms with Crippen molar-refractivity contribution in [2.75, 3.05) is 25.9 Å². The molecule has 0 bridgehead atoms. The smallest absolute Gasteiger partial charge is 0.175 e. The predicted molar refractivity (Wildman–Crippen MR) is 86.2 cm³/mol. The van der Waals surface area contributed by atoms with Crippen LogP contribution in [0, 0.1) is 0 Å². The first-order valence-electron chi connectivity index (χ1n) is 7.68. The SMILES string of the molecule is CCN1CCC(NC(C)c2ccc(S(C)(=O)=O)cc2)CC1. The second-order valence-corrected chi connectivity index (χ2v) is 7.95. The predicted octanol–water partition coefficient (Wildman–Crippen LogP) is 2.23. The van der Waals surface area contributed by atoms with Gasteiger partial charge in [-0.25, -0.2) is 8.42 Å². The van der Waals surface area contributed by atoms with E-state index in [2.05, 4.69) is 24.1 Å². The topological polar surface area (TPSA) is 49.4 Å². The van der Waals surface area contributed by atoms with Gasteiger partial charge < -0.3 is 10.2 Å². The third-order valence-corrected chi connectivity index (χ3v) is 5.46. The number of rotatable bonds is 5. The van der Waals surface area contributed by atoms with Crippen LogP contribution in [0.25, 0.3) is 0 Å².